The number of Topliss-reactive ketones (excluding diaryl/α,β-unsaturated/α-hetero) is 1. The Morgan fingerprint density at radius 2 is 1.59 bits per heavy atom. The quantitative estimate of drug-likeness (QED) is 0.209. The van der Waals surface area contributed by atoms with Crippen molar-refractivity contribution in [2.45, 2.75) is 150 Å². The standard InChI is InChI=1S/C45H69N3O8Si2/c1-29(2)40-31(4)18-23-37(50)46-24-16-17-30(3)25-35(56-58(14,15)45(8,9)10)27-33(49)28-38-48-39(43(53-38)57(11,12)13)41(51)47-36(42(52)54-40)26-32-19-21-34(22-20-32)55-44(5,6)7/h16-23,25,29,31,35-36,40H,24,26-28H2,1-15H3,(H,46,50)(H,47,51)/b17-16+,23-18+,30-25+/t31-,35?,36-,40-/m1/s1. The number of hydrogen-bond acceptors (Lipinski definition) is 9. The van der Waals surface area contributed by atoms with Gasteiger partial charge in [0.05, 0.1) is 12.5 Å². The summed E-state index contributed by atoms with van der Waals surface area (Å²) in [4.78, 5) is 59.7. The maximum Gasteiger partial charge on any atom is 0.329 e. The number of amides is 2. The lowest BCUT2D eigenvalue weighted by Crippen LogP contribution is -2.48. The molecular weight excluding hydrogens is 767 g/mol. The number of cyclic esters (lactones) is 1. The second-order valence-corrected chi connectivity index (χ2v) is 29.1. The van der Waals surface area contributed by atoms with E-state index in [0.29, 0.717) is 11.1 Å². The number of ketones is 1. The Labute approximate surface area is 349 Å². The SMILES string of the molecule is CC1=C\C(O[Si](C)(C)C(C)(C)C)CC(=O)Cc2nc(c([Si](C)(C)C)o2)C(=O)N[C@H](Cc2ccc(OC(C)(C)C)cc2)C(=O)O[C@H](C(C)C)[C@H](C)/C=C/C(=O)NC\C=C\1. The van der Waals surface area contributed by atoms with Gasteiger partial charge in [-0.25, -0.2) is 9.78 Å². The molecule has 0 spiro atoms. The van der Waals surface area contributed by atoms with Crippen molar-refractivity contribution in [3.05, 3.63) is 77.4 Å². The summed E-state index contributed by atoms with van der Waals surface area (Å²) in [5, 5.41) is 6.14. The molecule has 2 bridgehead atoms. The molecule has 1 aliphatic rings. The van der Waals surface area contributed by atoms with Gasteiger partial charge in [-0.15, -0.1) is 0 Å². The average Bonchev–Trinajstić information content (AvgIpc) is 3.51. The minimum Gasteiger partial charge on any atom is -0.488 e. The maximum absolute atomic E-state index is 14.3. The number of carbonyl (C=O) groups excluding carboxylic acids is 4. The molecule has 1 aromatic carbocycles. The van der Waals surface area contributed by atoms with Gasteiger partial charge in [-0.3, -0.25) is 14.4 Å². The van der Waals surface area contributed by atoms with Gasteiger partial charge >= 0.3 is 5.97 Å². The minimum absolute atomic E-state index is 0.0600. The Kier molecular flexibility index (Phi) is 16.5. The van der Waals surface area contributed by atoms with Gasteiger partial charge in [0.15, 0.2) is 14.0 Å². The topological polar surface area (TPSA) is 146 Å². The first-order valence-corrected chi connectivity index (χ1v) is 26.9. The predicted molar refractivity (Wildman–Crippen MR) is 236 cm³/mol. The van der Waals surface area contributed by atoms with Crippen molar-refractivity contribution in [1.29, 1.82) is 0 Å². The van der Waals surface area contributed by atoms with Crippen LogP contribution in [0.2, 0.25) is 37.8 Å². The summed E-state index contributed by atoms with van der Waals surface area (Å²) >= 11 is 0. The third kappa shape index (κ3) is 14.9. The largest absolute Gasteiger partial charge is 0.488 e. The highest BCUT2D eigenvalue weighted by Gasteiger charge is 2.40. The Morgan fingerprint density at radius 3 is 2.16 bits per heavy atom. The number of rotatable bonds is 7. The number of benzene rings is 1. The number of nitrogens with one attached hydrogen (secondary N) is 2. The van der Waals surface area contributed by atoms with E-state index < -0.39 is 52.1 Å². The van der Waals surface area contributed by atoms with Crippen LogP contribution in [-0.4, -0.2) is 75.3 Å². The first-order valence-electron chi connectivity index (χ1n) is 20.4. The molecule has 0 saturated heterocycles. The van der Waals surface area contributed by atoms with Crippen LogP contribution >= 0.6 is 0 Å². The average molecular weight is 836 g/mol. The molecular formula is C45H69N3O8Si2. The van der Waals surface area contributed by atoms with E-state index in [2.05, 4.69) is 49.5 Å². The van der Waals surface area contributed by atoms with E-state index in [1.807, 2.05) is 111 Å². The Bertz CT molecular complexity index is 1840. The van der Waals surface area contributed by atoms with Crippen LogP contribution in [0, 0.1) is 11.8 Å². The normalized spacial score (nSPS) is 23.6. The third-order valence-electron chi connectivity index (χ3n) is 10.2. The Hall–Kier alpha value is -4.08. The van der Waals surface area contributed by atoms with Gasteiger partial charge in [0.1, 0.15) is 42.7 Å². The zero-order valence-electron chi connectivity index (χ0n) is 37.6. The highest BCUT2D eigenvalue weighted by atomic mass is 28.4. The first kappa shape index (κ1) is 48.3. The van der Waals surface area contributed by atoms with Crippen LogP contribution < -0.4 is 20.8 Å². The predicted octanol–water partition coefficient (Wildman–Crippen LogP) is 8.02. The summed E-state index contributed by atoms with van der Waals surface area (Å²) in [6.07, 6.45) is 7.84. The van der Waals surface area contributed by atoms with Gasteiger partial charge in [-0.05, 0) is 75.5 Å². The molecule has 0 aliphatic carbocycles. The van der Waals surface area contributed by atoms with Gasteiger partial charge < -0.3 is 29.0 Å². The molecule has 2 N–H and O–H groups in total. The molecule has 0 fully saturated rings. The Balaban J connectivity index is 2.11. The molecule has 1 unspecified atom stereocenters. The van der Waals surface area contributed by atoms with Gasteiger partial charge in [-0.1, -0.05) is 103 Å². The van der Waals surface area contributed by atoms with Crippen molar-refractivity contribution in [2.75, 3.05) is 6.54 Å². The van der Waals surface area contributed by atoms with E-state index in [-0.39, 0.29) is 66.0 Å². The fourth-order valence-corrected chi connectivity index (χ4v) is 8.75. The third-order valence-corrected chi connectivity index (χ3v) is 16.4. The van der Waals surface area contributed by atoms with Crippen molar-refractivity contribution >= 4 is 45.3 Å². The van der Waals surface area contributed by atoms with E-state index in [1.54, 1.807) is 6.08 Å². The van der Waals surface area contributed by atoms with Crippen molar-refractivity contribution in [3.8, 4) is 5.75 Å². The van der Waals surface area contributed by atoms with Crippen molar-refractivity contribution in [3.63, 3.8) is 0 Å². The summed E-state index contributed by atoms with van der Waals surface area (Å²) in [6, 6.07) is 6.28. The molecule has 4 atom stereocenters. The second kappa shape index (κ2) is 19.8. The summed E-state index contributed by atoms with van der Waals surface area (Å²) in [5.41, 5.74) is 1.33. The fourth-order valence-electron chi connectivity index (χ4n) is 6.19. The van der Waals surface area contributed by atoms with Gasteiger partial charge in [0.25, 0.3) is 5.91 Å². The molecule has 3 rings (SSSR count). The number of hydrogen-bond donors (Lipinski definition) is 2. The van der Waals surface area contributed by atoms with E-state index in [4.69, 9.17) is 18.3 Å². The van der Waals surface area contributed by atoms with Gasteiger partial charge in [0, 0.05) is 25.3 Å². The lowest BCUT2D eigenvalue weighted by molar-refractivity contribution is -0.155. The minimum atomic E-state index is -2.34. The molecule has 0 radical (unpaired) electrons. The number of esters is 1. The molecule has 13 heteroatoms. The van der Waals surface area contributed by atoms with E-state index >= 15 is 0 Å². The second-order valence-electron chi connectivity index (χ2n) is 19.4. The summed E-state index contributed by atoms with van der Waals surface area (Å²) in [7, 11) is -4.64. The zero-order valence-corrected chi connectivity index (χ0v) is 39.6. The zero-order chi connectivity index (χ0) is 43.8. The van der Waals surface area contributed by atoms with Crippen LogP contribution in [0.3, 0.4) is 0 Å². The molecule has 2 heterocycles. The van der Waals surface area contributed by atoms with Crippen LogP contribution in [0.25, 0.3) is 0 Å². The van der Waals surface area contributed by atoms with Gasteiger partial charge in [-0.2, -0.15) is 0 Å². The highest BCUT2D eigenvalue weighted by molar-refractivity contribution is 6.88. The number of aromatic nitrogens is 1. The van der Waals surface area contributed by atoms with Crippen LogP contribution in [0.1, 0.15) is 97.6 Å². The van der Waals surface area contributed by atoms with Crippen LogP contribution in [0.15, 0.2) is 64.6 Å². The van der Waals surface area contributed by atoms with Crippen molar-refractivity contribution < 1.29 is 37.5 Å². The number of allylic oxidation sites excluding steroid dienone is 2. The molecule has 11 nitrogen and oxygen atoms in total. The molecule has 58 heavy (non-hydrogen) atoms. The number of nitrogens with zero attached hydrogens (tertiary/aromatic N) is 1. The lowest BCUT2D eigenvalue weighted by atomic mass is 9.94. The van der Waals surface area contributed by atoms with Crippen LogP contribution in [0.4, 0.5) is 0 Å². The first-order chi connectivity index (χ1) is 26.6. The highest BCUT2D eigenvalue weighted by Crippen LogP contribution is 2.38. The van der Waals surface area contributed by atoms with Crippen LogP contribution in [0.5, 0.6) is 5.75 Å². The van der Waals surface area contributed by atoms with E-state index in [0.717, 1.165) is 11.1 Å². The molecule has 0 saturated carbocycles. The van der Waals surface area contributed by atoms with E-state index in [9.17, 15) is 19.2 Å². The van der Waals surface area contributed by atoms with Crippen molar-refractivity contribution in [2.24, 2.45) is 11.8 Å². The molecule has 1 aromatic heterocycles. The molecule has 320 valence electrons. The molecule has 1 aliphatic heterocycles. The summed E-state index contributed by atoms with van der Waals surface area (Å²) < 4.78 is 25.2. The number of fused-ring (bicyclic) bond motifs is 2. The van der Waals surface area contributed by atoms with Gasteiger partial charge in [0.2, 0.25) is 11.8 Å². The fraction of sp³-hybridized carbons (Fsp3) is 0.578. The Morgan fingerprint density at radius 1 is 0.948 bits per heavy atom. The monoisotopic (exact) mass is 835 g/mol. The van der Waals surface area contributed by atoms with Crippen LogP contribution in [-0.2, 0) is 36.4 Å². The maximum atomic E-state index is 14.3. The lowest BCUT2D eigenvalue weighted by Gasteiger charge is -2.38. The van der Waals surface area contributed by atoms with Crippen molar-refractivity contribution in [1.82, 2.24) is 15.6 Å². The summed E-state index contributed by atoms with van der Waals surface area (Å²) in [5.74, 6) is -1.28. The number of carbonyl (C=O) groups is 4. The number of oxazole rings is 1. The molecule has 2 aromatic rings. The molecule has 2 amide bonds. The van der Waals surface area contributed by atoms with E-state index in [1.165, 1.54) is 6.08 Å². The smallest absolute Gasteiger partial charge is 0.329 e. The number of ether oxygens (including phenoxy) is 2. The summed E-state index contributed by atoms with van der Waals surface area (Å²) in [6.45, 7) is 30.7.